The first-order valence-corrected chi connectivity index (χ1v) is 12.1. The van der Waals surface area contributed by atoms with E-state index in [-0.39, 0.29) is 0 Å². The highest BCUT2D eigenvalue weighted by Crippen LogP contribution is 2.19. The van der Waals surface area contributed by atoms with Crippen LogP contribution in [0.25, 0.3) is 0 Å². The van der Waals surface area contributed by atoms with Crippen LogP contribution in [0.2, 0.25) is 10.0 Å². The summed E-state index contributed by atoms with van der Waals surface area (Å²) in [6, 6.07) is 10.0. The number of nitrogens with one attached hydrogen (secondary N) is 2. The molecule has 0 spiro atoms. The van der Waals surface area contributed by atoms with Gasteiger partial charge in [-0.05, 0) is 76.9 Å². The lowest BCUT2D eigenvalue weighted by molar-refractivity contribution is -0.140. The van der Waals surface area contributed by atoms with Crippen molar-refractivity contribution in [1.82, 2.24) is 10.6 Å². The van der Waals surface area contributed by atoms with Crippen molar-refractivity contribution < 1.29 is 38.9 Å². The fourth-order valence-electron chi connectivity index (χ4n) is 2.74. The minimum Gasteiger partial charge on any atom is -0.479 e. The van der Waals surface area contributed by atoms with Crippen LogP contribution in [0.1, 0.15) is 64.8 Å². The highest BCUT2D eigenvalue weighted by Gasteiger charge is 2.26. The van der Waals surface area contributed by atoms with Gasteiger partial charge in [0.1, 0.15) is 11.2 Å². The number of hydrogen-bond acceptors (Lipinski definition) is 6. The largest absolute Gasteiger partial charge is 0.479 e. The molecule has 0 aliphatic carbocycles. The Kier molecular flexibility index (Phi) is 11.9. The molecule has 2 aromatic rings. The van der Waals surface area contributed by atoms with Gasteiger partial charge in [-0.3, -0.25) is 0 Å². The Morgan fingerprint density at radius 2 is 0.895 bits per heavy atom. The number of rotatable bonds is 6. The van der Waals surface area contributed by atoms with Gasteiger partial charge in [-0.2, -0.15) is 0 Å². The van der Waals surface area contributed by atoms with Gasteiger partial charge in [0.25, 0.3) is 0 Å². The van der Waals surface area contributed by atoms with Gasteiger partial charge in [-0.1, -0.05) is 47.5 Å². The maximum absolute atomic E-state index is 11.6. The smallest absolute Gasteiger partial charge is 0.408 e. The van der Waals surface area contributed by atoms with Gasteiger partial charge in [0.15, 0.2) is 12.1 Å². The van der Waals surface area contributed by atoms with E-state index in [9.17, 15) is 19.2 Å². The number of alkyl carbamates (subject to hydrolysis) is 2. The molecule has 0 aromatic heterocycles. The Labute approximate surface area is 231 Å². The predicted molar refractivity (Wildman–Crippen MR) is 142 cm³/mol. The first-order chi connectivity index (χ1) is 17.4. The molecule has 0 bridgehead atoms. The monoisotopic (exact) mass is 570 g/mol. The molecular weight excluding hydrogens is 539 g/mol. The third-order valence-corrected chi connectivity index (χ3v) is 4.73. The lowest BCUT2D eigenvalue weighted by Crippen LogP contribution is -2.38. The lowest BCUT2D eigenvalue weighted by Gasteiger charge is -2.22. The fraction of sp³-hybridized carbons (Fsp3) is 0.385. The van der Waals surface area contributed by atoms with E-state index in [2.05, 4.69) is 10.6 Å². The molecule has 2 aromatic carbocycles. The van der Waals surface area contributed by atoms with Crippen molar-refractivity contribution in [2.24, 2.45) is 0 Å². The third-order valence-electron chi connectivity index (χ3n) is 4.22. The van der Waals surface area contributed by atoms with Crippen LogP contribution in [0.3, 0.4) is 0 Å². The molecule has 2 rings (SSSR count). The van der Waals surface area contributed by atoms with Crippen LogP contribution in [0.5, 0.6) is 0 Å². The normalized spacial score (nSPS) is 12.6. The topological polar surface area (TPSA) is 151 Å². The fourth-order valence-corrected chi connectivity index (χ4v) is 2.99. The van der Waals surface area contributed by atoms with Gasteiger partial charge >= 0.3 is 24.1 Å². The molecule has 0 aliphatic rings. The van der Waals surface area contributed by atoms with Crippen molar-refractivity contribution in [3.8, 4) is 0 Å². The molecule has 2 atom stereocenters. The van der Waals surface area contributed by atoms with E-state index in [1.165, 1.54) is 0 Å². The quantitative estimate of drug-likeness (QED) is 0.331. The van der Waals surface area contributed by atoms with Crippen molar-refractivity contribution in [1.29, 1.82) is 0 Å². The molecule has 0 aliphatic heterocycles. The number of halogens is 2. The maximum atomic E-state index is 11.6. The summed E-state index contributed by atoms with van der Waals surface area (Å²) in [5, 5.41) is 23.9. The van der Waals surface area contributed by atoms with Gasteiger partial charge in [-0.15, -0.1) is 0 Å². The van der Waals surface area contributed by atoms with Crippen molar-refractivity contribution in [3.05, 3.63) is 69.7 Å². The summed E-state index contributed by atoms with van der Waals surface area (Å²) in [6.07, 6.45) is -1.57. The molecule has 0 saturated carbocycles. The Bertz CT molecular complexity index is 1020. The van der Waals surface area contributed by atoms with Gasteiger partial charge in [-0.25, -0.2) is 19.2 Å². The second-order valence-corrected chi connectivity index (χ2v) is 10.8. The van der Waals surface area contributed by atoms with Crippen molar-refractivity contribution >= 4 is 47.3 Å². The summed E-state index contributed by atoms with van der Waals surface area (Å²) in [6.45, 7) is 10.2. The zero-order valence-electron chi connectivity index (χ0n) is 21.9. The highest BCUT2D eigenvalue weighted by atomic mass is 35.5. The van der Waals surface area contributed by atoms with Crippen LogP contribution < -0.4 is 10.6 Å². The molecule has 2 amide bonds. The van der Waals surface area contributed by atoms with E-state index < -0.39 is 47.4 Å². The first kappa shape index (κ1) is 32.5. The van der Waals surface area contributed by atoms with Crippen molar-refractivity contribution in [2.75, 3.05) is 0 Å². The summed E-state index contributed by atoms with van der Waals surface area (Å²) < 4.78 is 10.0. The number of aliphatic carboxylic acids is 2. The SMILES string of the molecule is CC(C)(C)OC(=O)N[C@@H](C(=O)O)c1ccc(Cl)cc1.CC(C)(C)OC(=O)N[C@H](C(=O)O)c1ccc(Cl)cc1. The number of hydrogen-bond donors (Lipinski definition) is 4. The molecule has 208 valence electrons. The number of ether oxygens (including phenoxy) is 2. The predicted octanol–water partition coefficient (Wildman–Crippen LogP) is 5.98. The number of carboxylic acids is 2. The van der Waals surface area contributed by atoms with E-state index in [4.69, 9.17) is 42.9 Å². The van der Waals surface area contributed by atoms with Crippen LogP contribution in [0, 0.1) is 0 Å². The molecule has 0 unspecified atom stereocenters. The zero-order chi connectivity index (χ0) is 29.3. The molecular formula is C26H32Cl2N2O8. The second-order valence-electron chi connectivity index (χ2n) is 9.94. The number of benzene rings is 2. The molecule has 12 heteroatoms. The summed E-state index contributed by atoms with van der Waals surface area (Å²) in [7, 11) is 0. The molecule has 10 nitrogen and oxygen atoms in total. The number of amides is 2. The van der Waals surface area contributed by atoms with E-state index in [0.717, 1.165) is 0 Å². The van der Waals surface area contributed by atoms with Crippen molar-refractivity contribution in [3.63, 3.8) is 0 Å². The van der Waals surface area contributed by atoms with Gasteiger partial charge < -0.3 is 30.3 Å². The van der Waals surface area contributed by atoms with Gasteiger partial charge in [0.05, 0.1) is 0 Å². The molecule has 0 fully saturated rings. The number of carbonyl (C=O) groups is 4. The van der Waals surface area contributed by atoms with Gasteiger partial charge in [0, 0.05) is 10.0 Å². The minimum atomic E-state index is -1.17. The third kappa shape index (κ3) is 12.6. The first-order valence-electron chi connectivity index (χ1n) is 11.3. The van der Waals surface area contributed by atoms with Crippen LogP contribution >= 0.6 is 23.2 Å². The number of carboxylic acid groups (broad SMARTS) is 2. The average molecular weight is 571 g/mol. The van der Waals surface area contributed by atoms with E-state index >= 15 is 0 Å². The standard InChI is InChI=1S/2C13H16ClNO4/c2*1-13(2,3)19-12(18)15-10(11(16)17)8-4-6-9(14)7-5-8/h2*4-7,10H,1-3H3,(H,15,18)(H,16,17)/t2*10-/m10/s1. The van der Waals surface area contributed by atoms with Crippen LogP contribution in [-0.4, -0.2) is 45.5 Å². The highest BCUT2D eigenvalue weighted by molar-refractivity contribution is 6.30. The summed E-state index contributed by atoms with van der Waals surface area (Å²) in [5.74, 6) is -2.35. The molecule has 0 radical (unpaired) electrons. The molecule has 38 heavy (non-hydrogen) atoms. The Morgan fingerprint density at radius 3 is 1.11 bits per heavy atom. The Morgan fingerprint density at radius 1 is 0.632 bits per heavy atom. The van der Waals surface area contributed by atoms with Crippen LogP contribution in [-0.2, 0) is 19.1 Å². The van der Waals surface area contributed by atoms with E-state index in [0.29, 0.717) is 21.2 Å². The van der Waals surface area contributed by atoms with E-state index in [1.54, 1.807) is 90.1 Å². The van der Waals surface area contributed by atoms with Crippen LogP contribution in [0.15, 0.2) is 48.5 Å². The van der Waals surface area contributed by atoms with Crippen LogP contribution in [0.4, 0.5) is 9.59 Å². The lowest BCUT2D eigenvalue weighted by atomic mass is 10.1. The minimum absolute atomic E-state index is 0.419. The second kappa shape index (κ2) is 13.9. The maximum Gasteiger partial charge on any atom is 0.408 e. The average Bonchev–Trinajstić information content (AvgIpc) is 2.75. The van der Waals surface area contributed by atoms with Gasteiger partial charge in [0.2, 0.25) is 0 Å². The summed E-state index contributed by atoms with van der Waals surface area (Å²) in [4.78, 5) is 45.5. The molecule has 4 N–H and O–H groups in total. The molecule has 0 saturated heterocycles. The van der Waals surface area contributed by atoms with E-state index in [1.807, 2.05) is 0 Å². The summed E-state index contributed by atoms with van der Waals surface area (Å²) in [5.41, 5.74) is -0.536. The zero-order valence-corrected chi connectivity index (χ0v) is 23.4. The number of carbonyl (C=O) groups excluding carboxylic acids is 2. The Hall–Kier alpha value is -3.50. The van der Waals surface area contributed by atoms with Crippen molar-refractivity contribution in [2.45, 2.75) is 64.8 Å². The molecule has 0 heterocycles. The summed E-state index contributed by atoms with van der Waals surface area (Å²) >= 11 is 11.5. The Balaban J connectivity index is 0.000000380.